The van der Waals surface area contributed by atoms with Crippen LogP contribution in [0.25, 0.3) is 0 Å². The molecule has 0 bridgehead atoms. The summed E-state index contributed by atoms with van der Waals surface area (Å²) in [7, 11) is 1.93. The smallest absolute Gasteiger partial charge is 0.124 e. The number of hydrogen-bond acceptors (Lipinski definition) is 2. The van der Waals surface area contributed by atoms with E-state index in [-0.39, 0.29) is 11.1 Å². The molecule has 0 aliphatic carbocycles. The van der Waals surface area contributed by atoms with Gasteiger partial charge in [-0.2, -0.15) is 0 Å². The summed E-state index contributed by atoms with van der Waals surface area (Å²) in [5, 5.41) is 3.48. The fourth-order valence-electron chi connectivity index (χ4n) is 1.79. The van der Waals surface area contributed by atoms with E-state index in [1.54, 1.807) is 23.9 Å². The summed E-state index contributed by atoms with van der Waals surface area (Å²) in [6.07, 6.45) is 0. The quantitative estimate of drug-likeness (QED) is 0.820. The van der Waals surface area contributed by atoms with Gasteiger partial charge in [-0.25, -0.2) is 4.39 Å². The van der Waals surface area contributed by atoms with Crippen LogP contribution in [0.4, 0.5) is 4.39 Å². The molecule has 0 heterocycles. The Kier molecular flexibility index (Phi) is 4.79. The van der Waals surface area contributed by atoms with Crippen LogP contribution >= 0.6 is 11.8 Å². The zero-order valence-electron chi connectivity index (χ0n) is 10.3. The van der Waals surface area contributed by atoms with E-state index in [4.69, 9.17) is 0 Å². The van der Waals surface area contributed by atoms with E-state index in [1.165, 1.54) is 11.6 Å². The van der Waals surface area contributed by atoms with Crippen molar-refractivity contribution >= 4 is 11.8 Å². The number of thioether (sulfide) groups is 1. The van der Waals surface area contributed by atoms with Gasteiger partial charge in [-0.05, 0) is 30.8 Å². The molecule has 0 aromatic heterocycles. The maximum Gasteiger partial charge on any atom is 0.124 e. The molecule has 0 saturated carbocycles. The van der Waals surface area contributed by atoms with Crippen molar-refractivity contribution in [3.05, 3.63) is 66.0 Å². The first-order chi connectivity index (χ1) is 8.79. The molecule has 2 aromatic carbocycles. The molecule has 3 heteroatoms. The molecule has 0 aliphatic heterocycles. The molecular weight excluding hydrogens is 245 g/mol. The van der Waals surface area contributed by atoms with E-state index in [9.17, 15) is 4.39 Å². The Bertz CT molecular complexity index is 487. The van der Waals surface area contributed by atoms with Gasteiger partial charge in [0, 0.05) is 16.7 Å². The molecule has 18 heavy (non-hydrogen) atoms. The van der Waals surface area contributed by atoms with Crippen molar-refractivity contribution in [2.24, 2.45) is 0 Å². The maximum atomic E-state index is 13.2. The van der Waals surface area contributed by atoms with Gasteiger partial charge in [-0.15, -0.1) is 11.8 Å². The lowest BCUT2D eigenvalue weighted by molar-refractivity contribution is 0.624. The van der Waals surface area contributed by atoms with Crippen LogP contribution in [-0.4, -0.2) is 13.6 Å². The van der Waals surface area contributed by atoms with Gasteiger partial charge >= 0.3 is 0 Å². The van der Waals surface area contributed by atoms with Crippen LogP contribution in [0, 0.1) is 5.82 Å². The highest BCUT2D eigenvalue weighted by Gasteiger charge is 2.12. The van der Waals surface area contributed by atoms with Gasteiger partial charge in [0.2, 0.25) is 0 Å². The summed E-state index contributed by atoms with van der Waals surface area (Å²) in [5.41, 5.74) is 1.25. The zero-order valence-corrected chi connectivity index (χ0v) is 11.1. The molecule has 0 fully saturated rings. The van der Waals surface area contributed by atoms with Crippen molar-refractivity contribution in [1.82, 2.24) is 5.32 Å². The predicted molar refractivity (Wildman–Crippen MR) is 75.4 cm³/mol. The summed E-state index contributed by atoms with van der Waals surface area (Å²) in [6.45, 7) is 0.852. The summed E-state index contributed by atoms with van der Waals surface area (Å²) >= 11 is 1.68. The first kappa shape index (κ1) is 13.1. The van der Waals surface area contributed by atoms with Gasteiger partial charge in [-0.3, -0.25) is 0 Å². The van der Waals surface area contributed by atoms with Crippen molar-refractivity contribution in [2.75, 3.05) is 13.6 Å². The van der Waals surface area contributed by atoms with Gasteiger partial charge in [0.1, 0.15) is 5.82 Å². The van der Waals surface area contributed by atoms with Gasteiger partial charge in [-0.1, -0.05) is 36.4 Å². The molecule has 0 amide bonds. The Balaban J connectivity index is 2.16. The van der Waals surface area contributed by atoms with E-state index in [2.05, 4.69) is 17.4 Å². The third-order valence-corrected chi connectivity index (χ3v) is 3.88. The standard InChI is InChI=1S/C15H16FNS/c1-17-11-15(12-6-3-2-4-7-12)18-14-9-5-8-13(16)10-14/h2-10,15,17H,11H2,1H3. The third-order valence-electron chi connectivity index (χ3n) is 2.64. The molecule has 1 unspecified atom stereocenters. The van der Waals surface area contributed by atoms with Crippen LogP contribution < -0.4 is 5.32 Å². The summed E-state index contributed by atoms with van der Waals surface area (Å²) in [4.78, 5) is 0.958. The molecule has 1 N–H and O–H groups in total. The first-order valence-electron chi connectivity index (χ1n) is 5.91. The van der Waals surface area contributed by atoms with Crippen molar-refractivity contribution in [1.29, 1.82) is 0 Å². The highest BCUT2D eigenvalue weighted by molar-refractivity contribution is 7.99. The molecule has 0 saturated heterocycles. The van der Waals surface area contributed by atoms with Crippen LogP contribution in [0.3, 0.4) is 0 Å². The number of likely N-dealkylation sites (N-methyl/N-ethyl adjacent to an activating group) is 1. The Labute approximate surface area is 111 Å². The van der Waals surface area contributed by atoms with Crippen molar-refractivity contribution in [3.63, 3.8) is 0 Å². The van der Waals surface area contributed by atoms with E-state index >= 15 is 0 Å². The van der Waals surface area contributed by atoms with Gasteiger partial charge in [0.25, 0.3) is 0 Å². The summed E-state index contributed by atoms with van der Waals surface area (Å²) < 4.78 is 13.2. The zero-order chi connectivity index (χ0) is 12.8. The maximum absolute atomic E-state index is 13.2. The molecular formula is C15H16FNS. The van der Waals surface area contributed by atoms with Crippen LogP contribution in [0.2, 0.25) is 0 Å². The number of benzene rings is 2. The van der Waals surface area contributed by atoms with Gasteiger partial charge in [0.05, 0.1) is 0 Å². The molecule has 2 aromatic rings. The molecule has 94 valence electrons. The second-order valence-corrected chi connectivity index (χ2v) is 5.31. The number of hydrogen-bond donors (Lipinski definition) is 1. The Morgan fingerprint density at radius 1 is 1.11 bits per heavy atom. The van der Waals surface area contributed by atoms with Gasteiger partial charge < -0.3 is 5.32 Å². The van der Waals surface area contributed by atoms with Crippen molar-refractivity contribution < 1.29 is 4.39 Å². The fraction of sp³-hybridized carbons (Fsp3) is 0.200. The highest BCUT2D eigenvalue weighted by atomic mass is 32.2. The highest BCUT2D eigenvalue weighted by Crippen LogP contribution is 2.34. The molecule has 0 spiro atoms. The van der Waals surface area contributed by atoms with Crippen LogP contribution in [0.15, 0.2) is 59.5 Å². The lowest BCUT2D eigenvalue weighted by atomic mass is 10.1. The molecule has 1 atom stereocenters. The Hall–Kier alpha value is -1.32. The first-order valence-corrected chi connectivity index (χ1v) is 6.79. The molecule has 2 rings (SSSR count). The minimum atomic E-state index is -0.184. The fourth-order valence-corrected chi connectivity index (χ4v) is 2.99. The number of rotatable bonds is 5. The lowest BCUT2D eigenvalue weighted by Gasteiger charge is -2.16. The molecule has 0 aliphatic rings. The van der Waals surface area contributed by atoms with E-state index in [1.807, 2.05) is 31.3 Å². The minimum Gasteiger partial charge on any atom is -0.318 e. The largest absolute Gasteiger partial charge is 0.318 e. The number of nitrogens with one attached hydrogen (secondary N) is 1. The SMILES string of the molecule is CNCC(Sc1cccc(F)c1)c1ccccc1. The van der Waals surface area contributed by atoms with Crippen LogP contribution in [0.1, 0.15) is 10.8 Å². The monoisotopic (exact) mass is 261 g/mol. The summed E-state index contributed by atoms with van der Waals surface area (Å²) in [5.74, 6) is -0.184. The van der Waals surface area contributed by atoms with Crippen molar-refractivity contribution in [2.45, 2.75) is 10.1 Å². The van der Waals surface area contributed by atoms with Crippen LogP contribution in [-0.2, 0) is 0 Å². The van der Waals surface area contributed by atoms with Crippen LogP contribution in [0.5, 0.6) is 0 Å². The van der Waals surface area contributed by atoms with Crippen molar-refractivity contribution in [3.8, 4) is 0 Å². The van der Waals surface area contributed by atoms with E-state index in [0.29, 0.717) is 0 Å². The molecule has 0 radical (unpaired) electrons. The lowest BCUT2D eigenvalue weighted by Crippen LogP contribution is -2.14. The minimum absolute atomic E-state index is 0.184. The Morgan fingerprint density at radius 2 is 1.89 bits per heavy atom. The average Bonchev–Trinajstić information content (AvgIpc) is 2.39. The normalized spacial score (nSPS) is 12.3. The Morgan fingerprint density at radius 3 is 2.56 bits per heavy atom. The second kappa shape index (κ2) is 6.57. The van der Waals surface area contributed by atoms with E-state index in [0.717, 1.165) is 11.4 Å². The van der Waals surface area contributed by atoms with Gasteiger partial charge in [0.15, 0.2) is 0 Å². The number of halogens is 1. The summed E-state index contributed by atoms with van der Waals surface area (Å²) in [6, 6.07) is 17.0. The van der Waals surface area contributed by atoms with E-state index < -0.39 is 0 Å². The topological polar surface area (TPSA) is 12.0 Å². The average molecular weight is 261 g/mol. The predicted octanol–water partition coefficient (Wildman–Crippen LogP) is 3.88. The molecule has 1 nitrogen and oxygen atoms in total. The third kappa shape index (κ3) is 3.59. The second-order valence-electron chi connectivity index (χ2n) is 4.03.